The van der Waals surface area contributed by atoms with Gasteiger partial charge in [-0.3, -0.25) is 14.9 Å². The molecule has 2 N–H and O–H groups in total. The van der Waals surface area contributed by atoms with Gasteiger partial charge in [0.15, 0.2) is 0 Å². The molecule has 0 fully saturated rings. The second-order valence-corrected chi connectivity index (χ2v) is 8.59. The van der Waals surface area contributed by atoms with E-state index in [-0.39, 0.29) is 11.8 Å². The lowest BCUT2D eigenvalue weighted by atomic mass is 9.95. The number of imide groups is 1. The summed E-state index contributed by atoms with van der Waals surface area (Å²) in [4.78, 5) is 35.5. The molecule has 0 bridgehead atoms. The van der Waals surface area contributed by atoms with E-state index in [2.05, 4.69) is 37.2 Å². The molecule has 34 heavy (non-hydrogen) atoms. The molecule has 4 aromatic rings. The highest BCUT2D eigenvalue weighted by atomic mass is 32.1. The van der Waals surface area contributed by atoms with Crippen LogP contribution in [-0.4, -0.2) is 47.2 Å². The zero-order chi connectivity index (χ0) is 23.8. The highest BCUT2D eigenvalue weighted by molar-refractivity contribution is 7.78. The van der Waals surface area contributed by atoms with E-state index in [9.17, 15) is 9.59 Å². The number of para-hydroxylation sites is 2. The number of amides is 2. The quantitative estimate of drug-likeness (QED) is 0.184. The summed E-state index contributed by atoms with van der Waals surface area (Å²) in [5.74, 6) is -0.769. The van der Waals surface area contributed by atoms with Crippen LogP contribution in [0.3, 0.4) is 0 Å². The van der Waals surface area contributed by atoms with E-state index in [0.29, 0.717) is 29.8 Å². The minimum Gasteiger partial charge on any atom is -0.376 e. The number of benzene rings is 2. The fourth-order valence-corrected chi connectivity index (χ4v) is 4.78. The van der Waals surface area contributed by atoms with Crippen molar-refractivity contribution in [3.63, 3.8) is 0 Å². The summed E-state index contributed by atoms with van der Waals surface area (Å²) in [7, 11) is 3.98. The molecule has 3 heterocycles. The van der Waals surface area contributed by atoms with Gasteiger partial charge in [-0.1, -0.05) is 30.3 Å². The number of fused-ring (bicyclic) bond motifs is 2. The molecule has 1 aliphatic rings. The summed E-state index contributed by atoms with van der Waals surface area (Å²) in [6.07, 6.45) is 4.54. The van der Waals surface area contributed by atoms with Crippen molar-refractivity contribution < 1.29 is 9.59 Å². The lowest BCUT2D eigenvalue weighted by Gasteiger charge is -2.16. The van der Waals surface area contributed by atoms with Crippen molar-refractivity contribution in [2.45, 2.75) is 13.0 Å². The molecule has 0 unspecified atom stereocenters. The predicted octanol–water partition coefficient (Wildman–Crippen LogP) is 4.25. The predicted molar refractivity (Wildman–Crippen MR) is 139 cm³/mol. The first-order valence-electron chi connectivity index (χ1n) is 11.0. The molecule has 2 aromatic heterocycles. The molecule has 0 saturated heterocycles. The Balaban J connectivity index is 1.76. The van der Waals surface area contributed by atoms with Gasteiger partial charge in [0, 0.05) is 60.4 Å². The number of nitrogens with zero attached hydrogens (tertiary/aromatic N) is 3. The number of nitrogens with one attached hydrogen (secondary N) is 2. The third-order valence-corrected chi connectivity index (χ3v) is 6.28. The first-order chi connectivity index (χ1) is 16.5. The van der Waals surface area contributed by atoms with Gasteiger partial charge in [-0.05, 0) is 30.8 Å². The Kier molecular flexibility index (Phi) is 5.61. The smallest absolute Gasteiger partial charge is 0.259 e. The number of carbonyl (C=O) groups excluding carboxylic acids is 2. The number of aryl methyl sites for hydroxylation is 1. The summed E-state index contributed by atoms with van der Waals surface area (Å²) in [6.45, 7) is 1.26. The number of aromatic amines is 1. The molecule has 0 atom stereocenters. The number of anilines is 1. The van der Waals surface area contributed by atoms with Crippen molar-refractivity contribution in [1.29, 1.82) is 0 Å². The summed E-state index contributed by atoms with van der Waals surface area (Å²) >= 11 is 4.69. The van der Waals surface area contributed by atoms with Gasteiger partial charge in [0.1, 0.15) is 0 Å². The standard InChI is InChI=1S/C26H23N5O2S/c1-30(2)21-10-5-8-17-19(14-31(24(17)21)12-6-11-27-15-34)23-22(25(32)29-26(23)33)18-13-28-20-9-4-3-7-16(18)20/h3-5,7-10,13-14,28H,6,11-12H2,1-2H3,(H,29,32,33). The number of aromatic nitrogens is 2. The van der Waals surface area contributed by atoms with E-state index >= 15 is 0 Å². The van der Waals surface area contributed by atoms with Crippen LogP contribution in [0, 0.1) is 0 Å². The van der Waals surface area contributed by atoms with Crippen molar-refractivity contribution in [2.75, 3.05) is 25.5 Å². The van der Waals surface area contributed by atoms with Crippen molar-refractivity contribution in [3.05, 3.63) is 66.0 Å². The lowest BCUT2D eigenvalue weighted by Crippen LogP contribution is -2.22. The van der Waals surface area contributed by atoms with E-state index in [1.165, 1.54) is 0 Å². The fraction of sp³-hybridized carbons (Fsp3) is 0.192. The zero-order valence-electron chi connectivity index (χ0n) is 18.9. The third-order valence-electron chi connectivity index (χ3n) is 6.15. The van der Waals surface area contributed by atoms with Crippen LogP contribution >= 0.6 is 12.2 Å². The van der Waals surface area contributed by atoms with Crippen LogP contribution in [0.1, 0.15) is 17.5 Å². The molecule has 170 valence electrons. The van der Waals surface area contributed by atoms with Crippen LogP contribution in [0.4, 0.5) is 5.69 Å². The molecule has 0 spiro atoms. The van der Waals surface area contributed by atoms with Gasteiger partial charge in [0.25, 0.3) is 11.8 Å². The van der Waals surface area contributed by atoms with E-state index in [0.717, 1.165) is 39.5 Å². The Morgan fingerprint density at radius 2 is 1.74 bits per heavy atom. The Morgan fingerprint density at radius 1 is 1.00 bits per heavy atom. The van der Waals surface area contributed by atoms with Crippen LogP contribution in [0.15, 0.2) is 59.9 Å². The average molecular weight is 470 g/mol. The first kappa shape index (κ1) is 21.8. The maximum atomic E-state index is 13.1. The van der Waals surface area contributed by atoms with Gasteiger partial charge in [-0.25, -0.2) is 4.99 Å². The van der Waals surface area contributed by atoms with E-state index in [1.807, 2.05) is 67.7 Å². The number of rotatable bonds is 7. The van der Waals surface area contributed by atoms with Crippen LogP contribution in [0.2, 0.25) is 0 Å². The van der Waals surface area contributed by atoms with Gasteiger partial charge in [-0.2, -0.15) is 0 Å². The van der Waals surface area contributed by atoms with Crippen LogP contribution in [0.25, 0.3) is 33.0 Å². The lowest BCUT2D eigenvalue weighted by molar-refractivity contribution is -0.122. The van der Waals surface area contributed by atoms with Crippen LogP contribution in [0.5, 0.6) is 0 Å². The van der Waals surface area contributed by atoms with Crippen molar-refractivity contribution in [2.24, 2.45) is 4.99 Å². The van der Waals surface area contributed by atoms with Gasteiger partial charge in [-0.15, -0.1) is 0 Å². The summed E-state index contributed by atoms with van der Waals surface area (Å²) < 4.78 is 2.13. The minimum absolute atomic E-state index is 0.384. The van der Waals surface area contributed by atoms with Gasteiger partial charge < -0.3 is 14.5 Å². The monoisotopic (exact) mass is 469 g/mol. The Hall–Kier alpha value is -4.00. The number of hydrogen-bond acceptors (Lipinski definition) is 5. The Morgan fingerprint density at radius 3 is 2.50 bits per heavy atom. The third kappa shape index (κ3) is 3.53. The van der Waals surface area contributed by atoms with E-state index in [1.54, 1.807) is 6.20 Å². The van der Waals surface area contributed by atoms with Crippen molar-refractivity contribution in [1.82, 2.24) is 14.9 Å². The topological polar surface area (TPSA) is 82.5 Å². The normalized spacial score (nSPS) is 13.6. The maximum absolute atomic E-state index is 13.1. The SMILES string of the molecule is CN(C)c1cccc2c(C3=C(c4c[nH]c5ccccc45)C(=O)NC3=O)cn(CCCN=C=S)c12. The number of isothiocyanates is 1. The summed E-state index contributed by atoms with van der Waals surface area (Å²) in [5, 5.41) is 6.74. The van der Waals surface area contributed by atoms with Gasteiger partial charge in [0.05, 0.1) is 34.1 Å². The maximum Gasteiger partial charge on any atom is 0.259 e. The summed E-state index contributed by atoms with van der Waals surface area (Å²) in [5.41, 5.74) is 5.18. The van der Waals surface area contributed by atoms with Gasteiger partial charge in [0.2, 0.25) is 0 Å². The summed E-state index contributed by atoms with van der Waals surface area (Å²) in [6, 6.07) is 13.8. The van der Waals surface area contributed by atoms with Crippen LogP contribution < -0.4 is 10.2 Å². The molecule has 1 aliphatic heterocycles. The van der Waals surface area contributed by atoms with E-state index in [4.69, 9.17) is 0 Å². The molecule has 8 heteroatoms. The highest BCUT2D eigenvalue weighted by Crippen LogP contribution is 2.40. The molecule has 0 aliphatic carbocycles. The highest BCUT2D eigenvalue weighted by Gasteiger charge is 2.35. The number of thiocarbonyl (C=S) groups is 1. The molecule has 0 saturated carbocycles. The second kappa shape index (κ2) is 8.74. The largest absolute Gasteiger partial charge is 0.376 e. The Labute approximate surface area is 201 Å². The second-order valence-electron chi connectivity index (χ2n) is 8.41. The molecule has 2 amide bonds. The van der Waals surface area contributed by atoms with E-state index < -0.39 is 0 Å². The Bertz CT molecular complexity index is 1540. The molecular formula is C26H23N5O2S. The average Bonchev–Trinajstić information content (AvgIpc) is 3.49. The first-order valence-corrected chi connectivity index (χ1v) is 11.4. The van der Waals surface area contributed by atoms with Crippen molar-refractivity contribution >= 4 is 67.8 Å². The number of carbonyl (C=O) groups is 2. The van der Waals surface area contributed by atoms with Crippen molar-refractivity contribution in [3.8, 4) is 0 Å². The number of hydrogen-bond donors (Lipinski definition) is 2. The number of H-pyrrole nitrogens is 1. The molecule has 2 aromatic carbocycles. The molecular weight excluding hydrogens is 446 g/mol. The molecule has 5 rings (SSSR count). The molecule has 7 nitrogen and oxygen atoms in total. The zero-order valence-corrected chi connectivity index (χ0v) is 19.7. The van der Waals surface area contributed by atoms with Crippen LogP contribution in [-0.2, 0) is 16.1 Å². The van der Waals surface area contributed by atoms with Gasteiger partial charge >= 0.3 is 0 Å². The number of aliphatic imine (C=N–C) groups is 1. The molecule has 0 radical (unpaired) electrons. The minimum atomic E-state index is -0.385. The fourth-order valence-electron chi connectivity index (χ4n) is 4.69.